The van der Waals surface area contributed by atoms with Crippen molar-refractivity contribution in [1.82, 2.24) is 24.5 Å². The standard InChI is InChI=1S/C22H35N7S.HI/c1-6-20-25-22(30-26-20)29-13-11-28(12-14-29)21(23-4)24-15-18-9-7-8-10-19(18)16-27(5)17(2)3;/h7-10,17H,6,11-16H2,1-5H3,(H,23,24);1H. The van der Waals surface area contributed by atoms with Gasteiger partial charge in [-0.1, -0.05) is 31.2 Å². The molecule has 0 atom stereocenters. The number of aliphatic imine (C=N–C) groups is 1. The molecule has 1 aromatic heterocycles. The van der Waals surface area contributed by atoms with Gasteiger partial charge in [-0.25, -0.2) is 4.98 Å². The molecule has 0 radical (unpaired) electrons. The molecule has 31 heavy (non-hydrogen) atoms. The summed E-state index contributed by atoms with van der Waals surface area (Å²) in [5.74, 6) is 1.91. The largest absolute Gasteiger partial charge is 0.352 e. The lowest BCUT2D eigenvalue weighted by Gasteiger charge is -2.36. The van der Waals surface area contributed by atoms with E-state index in [0.717, 1.165) is 62.6 Å². The molecule has 1 aromatic carbocycles. The quantitative estimate of drug-likeness (QED) is 0.320. The number of hydrogen-bond donors (Lipinski definition) is 1. The summed E-state index contributed by atoms with van der Waals surface area (Å²) in [5.41, 5.74) is 2.69. The third kappa shape index (κ3) is 7.01. The first-order valence-electron chi connectivity index (χ1n) is 10.8. The van der Waals surface area contributed by atoms with E-state index >= 15 is 0 Å². The Morgan fingerprint density at radius 1 is 1.19 bits per heavy atom. The maximum atomic E-state index is 4.63. The number of halogens is 1. The Hall–Kier alpha value is -1.46. The van der Waals surface area contributed by atoms with E-state index in [1.54, 1.807) is 0 Å². The van der Waals surface area contributed by atoms with Gasteiger partial charge in [0.2, 0.25) is 5.13 Å². The highest BCUT2D eigenvalue weighted by atomic mass is 127. The number of rotatable bonds is 7. The molecule has 0 bridgehead atoms. The number of hydrogen-bond acceptors (Lipinski definition) is 6. The van der Waals surface area contributed by atoms with Crippen molar-refractivity contribution < 1.29 is 0 Å². The van der Waals surface area contributed by atoms with Gasteiger partial charge in [0.05, 0.1) is 0 Å². The Balaban J connectivity index is 0.00000341. The van der Waals surface area contributed by atoms with Crippen molar-refractivity contribution >= 4 is 46.6 Å². The molecule has 7 nitrogen and oxygen atoms in total. The SMILES string of the molecule is CCc1nsc(N2CCN(C(=NC)NCc3ccccc3CN(C)C(C)C)CC2)n1.I. The van der Waals surface area contributed by atoms with Crippen LogP contribution in [0.25, 0.3) is 0 Å². The highest BCUT2D eigenvalue weighted by molar-refractivity contribution is 14.0. The van der Waals surface area contributed by atoms with Crippen molar-refractivity contribution in [3.05, 3.63) is 41.2 Å². The molecule has 1 N–H and O–H groups in total. The molecule has 0 aliphatic carbocycles. The molecule has 1 aliphatic heterocycles. The average molecular weight is 558 g/mol. The van der Waals surface area contributed by atoms with E-state index in [2.05, 4.69) is 86.5 Å². The summed E-state index contributed by atoms with van der Waals surface area (Å²) < 4.78 is 4.42. The van der Waals surface area contributed by atoms with E-state index in [9.17, 15) is 0 Å². The lowest BCUT2D eigenvalue weighted by atomic mass is 10.1. The summed E-state index contributed by atoms with van der Waals surface area (Å²) in [6.07, 6.45) is 0.890. The fraction of sp³-hybridized carbons (Fsp3) is 0.591. The molecule has 1 saturated heterocycles. The second kappa shape index (κ2) is 12.5. The summed E-state index contributed by atoms with van der Waals surface area (Å²) in [6.45, 7) is 12.0. The van der Waals surface area contributed by atoms with Gasteiger partial charge in [0.1, 0.15) is 5.82 Å². The molecule has 2 heterocycles. The molecule has 0 unspecified atom stereocenters. The van der Waals surface area contributed by atoms with Crippen molar-refractivity contribution in [2.24, 2.45) is 4.99 Å². The van der Waals surface area contributed by atoms with Crippen LogP contribution < -0.4 is 10.2 Å². The first-order valence-corrected chi connectivity index (χ1v) is 11.6. The fourth-order valence-electron chi connectivity index (χ4n) is 3.47. The molecule has 0 saturated carbocycles. The monoisotopic (exact) mass is 557 g/mol. The Labute approximate surface area is 208 Å². The van der Waals surface area contributed by atoms with Crippen LogP contribution in [0.15, 0.2) is 29.3 Å². The normalized spacial score (nSPS) is 14.9. The molecule has 9 heteroatoms. The van der Waals surface area contributed by atoms with Crippen LogP contribution in [-0.2, 0) is 19.5 Å². The fourth-order valence-corrected chi connectivity index (χ4v) is 4.27. The highest BCUT2D eigenvalue weighted by Crippen LogP contribution is 2.19. The number of aromatic nitrogens is 2. The Kier molecular flexibility index (Phi) is 10.4. The summed E-state index contributed by atoms with van der Waals surface area (Å²) in [6, 6.07) is 9.20. The number of aryl methyl sites for hydroxylation is 1. The van der Waals surface area contributed by atoms with Crippen molar-refractivity contribution in [2.45, 2.75) is 46.3 Å². The predicted octanol–water partition coefficient (Wildman–Crippen LogP) is 3.46. The van der Waals surface area contributed by atoms with E-state index in [-0.39, 0.29) is 24.0 Å². The van der Waals surface area contributed by atoms with Gasteiger partial charge in [0.15, 0.2) is 5.96 Å². The zero-order valence-corrected chi connectivity index (χ0v) is 22.5. The molecule has 0 spiro atoms. The van der Waals surface area contributed by atoms with Gasteiger partial charge >= 0.3 is 0 Å². The van der Waals surface area contributed by atoms with Crippen molar-refractivity contribution in [2.75, 3.05) is 45.2 Å². The smallest absolute Gasteiger partial charge is 0.205 e. The molecular weight excluding hydrogens is 521 g/mol. The molecule has 1 fully saturated rings. The van der Waals surface area contributed by atoms with Crippen LogP contribution in [0.2, 0.25) is 0 Å². The number of benzene rings is 1. The van der Waals surface area contributed by atoms with E-state index in [1.807, 2.05) is 7.05 Å². The Morgan fingerprint density at radius 2 is 1.87 bits per heavy atom. The number of piperazine rings is 1. The van der Waals surface area contributed by atoms with Crippen molar-refractivity contribution in [3.8, 4) is 0 Å². The summed E-state index contributed by atoms with van der Waals surface area (Å²) in [5, 5.41) is 4.62. The number of nitrogens with zero attached hydrogens (tertiary/aromatic N) is 6. The van der Waals surface area contributed by atoms with E-state index in [4.69, 9.17) is 0 Å². The van der Waals surface area contributed by atoms with Gasteiger partial charge in [0.25, 0.3) is 0 Å². The van der Waals surface area contributed by atoms with Crippen LogP contribution in [0.5, 0.6) is 0 Å². The second-order valence-electron chi connectivity index (χ2n) is 8.00. The van der Waals surface area contributed by atoms with Crippen LogP contribution in [0, 0.1) is 0 Å². The van der Waals surface area contributed by atoms with Gasteiger partial charge in [0, 0.05) is 70.3 Å². The van der Waals surface area contributed by atoms with Crippen molar-refractivity contribution in [1.29, 1.82) is 0 Å². The van der Waals surface area contributed by atoms with Gasteiger partial charge in [-0.2, -0.15) is 4.37 Å². The predicted molar refractivity (Wildman–Crippen MR) is 142 cm³/mol. The van der Waals surface area contributed by atoms with Crippen molar-refractivity contribution in [3.63, 3.8) is 0 Å². The molecule has 1 aliphatic rings. The summed E-state index contributed by atoms with van der Waals surface area (Å²) in [7, 11) is 4.04. The van der Waals surface area contributed by atoms with Gasteiger partial charge in [-0.05, 0) is 32.0 Å². The minimum absolute atomic E-state index is 0. The minimum atomic E-state index is 0. The second-order valence-corrected chi connectivity index (χ2v) is 8.73. The first-order chi connectivity index (χ1) is 14.5. The molecule has 0 amide bonds. The first kappa shape index (κ1) is 25.8. The van der Waals surface area contributed by atoms with Crippen LogP contribution in [0.1, 0.15) is 37.7 Å². The minimum Gasteiger partial charge on any atom is -0.352 e. The lowest BCUT2D eigenvalue weighted by molar-refractivity contribution is 0.265. The third-order valence-corrected chi connectivity index (χ3v) is 6.51. The maximum Gasteiger partial charge on any atom is 0.205 e. The Bertz CT molecular complexity index is 831. The average Bonchev–Trinajstić information content (AvgIpc) is 3.25. The lowest BCUT2D eigenvalue weighted by Crippen LogP contribution is -2.52. The number of anilines is 1. The van der Waals surface area contributed by atoms with E-state index in [0.29, 0.717) is 6.04 Å². The van der Waals surface area contributed by atoms with Crippen LogP contribution in [-0.4, -0.2) is 71.4 Å². The van der Waals surface area contributed by atoms with Gasteiger partial charge in [-0.15, -0.1) is 24.0 Å². The third-order valence-electron chi connectivity index (χ3n) is 5.69. The van der Waals surface area contributed by atoms with E-state index < -0.39 is 0 Å². The molecular formula is C22H36IN7S. The van der Waals surface area contributed by atoms with Gasteiger partial charge in [-0.3, -0.25) is 9.89 Å². The molecule has 172 valence electrons. The number of nitrogens with one attached hydrogen (secondary N) is 1. The van der Waals surface area contributed by atoms with Gasteiger partial charge < -0.3 is 15.1 Å². The highest BCUT2D eigenvalue weighted by Gasteiger charge is 2.22. The van der Waals surface area contributed by atoms with E-state index in [1.165, 1.54) is 22.7 Å². The van der Waals surface area contributed by atoms with Crippen LogP contribution in [0.4, 0.5) is 5.13 Å². The van der Waals surface area contributed by atoms with Crippen LogP contribution >= 0.6 is 35.5 Å². The topological polar surface area (TPSA) is 59.9 Å². The maximum absolute atomic E-state index is 4.63. The summed E-state index contributed by atoms with van der Waals surface area (Å²) in [4.78, 5) is 16.2. The summed E-state index contributed by atoms with van der Waals surface area (Å²) >= 11 is 1.51. The van der Waals surface area contributed by atoms with Crippen LogP contribution in [0.3, 0.4) is 0 Å². The zero-order chi connectivity index (χ0) is 21.5. The molecule has 3 rings (SSSR count). The number of guanidine groups is 1. The molecule has 2 aromatic rings. The Morgan fingerprint density at radius 3 is 2.45 bits per heavy atom. The zero-order valence-electron chi connectivity index (χ0n) is 19.3.